The molecule has 3 heterocycles. The van der Waals surface area contributed by atoms with E-state index in [1.165, 1.54) is 12.8 Å². The van der Waals surface area contributed by atoms with E-state index in [0.717, 1.165) is 30.3 Å². The Morgan fingerprint density at radius 2 is 1.93 bits per heavy atom. The summed E-state index contributed by atoms with van der Waals surface area (Å²) < 4.78 is 1.77. The van der Waals surface area contributed by atoms with Crippen molar-refractivity contribution in [3.8, 4) is 5.69 Å². The van der Waals surface area contributed by atoms with E-state index >= 15 is 0 Å². The second-order valence-electron chi connectivity index (χ2n) is 6.78. The first-order valence-electron chi connectivity index (χ1n) is 9.51. The van der Waals surface area contributed by atoms with Crippen molar-refractivity contribution in [2.75, 3.05) is 23.3 Å². The van der Waals surface area contributed by atoms with E-state index in [2.05, 4.69) is 20.3 Å². The molecule has 2 aromatic heterocycles. The van der Waals surface area contributed by atoms with Gasteiger partial charge in [-0.05, 0) is 43.5 Å². The molecule has 3 aromatic rings. The summed E-state index contributed by atoms with van der Waals surface area (Å²) in [5, 5.41) is 7.99. The average molecular weight is 396 g/mol. The van der Waals surface area contributed by atoms with E-state index < -0.39 is 0 Å². The van der Waals surface area contributed by atoms with Crippen LogP contribution in [0.4, 0.5) is 11.5 Å². The molecular formula is C21H22ClN5O. The molecule has 0 unspecified atom stereocenters. The van der Waals surface area contributed by atoms with Crippen LogP contribution in [0.15, 0.2) is 48.8 Å². The molecule has 1 aliphatic heterocycles. The Balaban J connectivity index is 1.54. The SMILES string of the molecule is CCc1c(NC(=O)c2ccc(N3CCCC3)nc2)cnn1-c1ccccc1Cl. The van der Waals surface area contributed by atoms with Gasteiger partial charge in [-0.1, -0.05) is 30.7 Å². The van der Waals surface area contributed by atoms with Crippen LogP contribution in [0.2, 0.25) is 5.02 Å². The number of anilines is 2. The van der Waals surface area contributed by atoms with E-state index in [4.69, 9.17) is 11.6 Å². The molecule has 0 aliphatic carbocycles. The predicted molar refractivity (Wildman–Crippen MR) is 112 cm³/mol. The Morgan fingerprint density at radius 3 is 2.61 bits per heavy atom. The van der Waals surface area contributed by atoms with Crippen LogP contribution in [0.25, 0.3) is 5.69 Å². The van der Waals surface area contributed by atoms with E-state index in [-0.39, 0.29) is 5.91 Å². The van der Waals surface area contributed by atoms with Crippen molar-refractivity contribution in [3.05, 3.63) is 65.1 Å². The Labute approximate surface area is 169 Å². The van der Waals surface area contributed by atoms with Crippen LogP contribution in [-0.4, -0.2) is 33.8 Å². The topological polar surface area (TPSA) is 63.1 Å². The van der Waals surface area contributed by atoms with E-state index in [1.807, 2.05) is 43.3 Å². The number of hydrogen-bond acceptors (Lipinski definition) is 4. The number of amides is 1. The molecular weight excluding hydrogens is 374 g/mol. The van der Waals surface area contributed by atoms with Gasteiger partial charge in [0.1, 0.15) is 5.82 Å². The Hall–Kier alpha value is -2.86. The molecule has 0 radical (unpaired) electrons. The molecule has 1 amide bonds. The number of rotatable bonds is 5. The number of nitrogens with zero attached hydrogens (tertiary/aromatic N) is 4. The van der Waals surface area contributed by atoms with Gasteiger partial charge in [-0.25, -0.2) is 9.67 Å². The fourth-order valence-electron chi connectivity index (χ4n) is 3.50. The third-order valence-electron chi connectivity index (χ3n) is 4.97. The maximum absolute atomic E-state index is 12.7. The summed E-state index contributed by atoms with van der Waals surface area (Å²) in [7, 11) is 0. The molecule has 1 fully saturated rings. The first-order valence-corrected chi connectivity index (χ1v) is 9.89. The quantitative estimate of drug-likeness (QED) is 0.698. The number of carbonyl (C=O) groups excluding carboxylic acids is 1. The van der Waals surface area contributed by atoms with Crippen molar-refractivity contribution in [2.45, 2.75) is 26.2 Å². The van der Waals surface area contributed by atoms with Gasteiger partial charge in [0.25, 0.3) is 5.91 Å². The standard InChI is InChI=1S/C21H22ClN5O/c1-2-18-17(14-24-27(18)19-8-4-3-7-16(19)22)25-21(28)15-9-10-20(23-13-15)26-11-5-6-12-26/h3-4,7-10,13-14H,2,5-6,11-12H2,1H3,(H,25,28). The fourth-order valence-corrected chi connectivity index (χ4v) is 3.71. The molecule has 7 heteroatoms. The first kappa shape index (κ1) is 18.5. The minimum absolute atomic E-state index is 0.200. The molecule has 4 rings (SSSR count). The highest BCUT2D eigenvalue weighted by atomic mass is 35.5. The van der Waals surface area contributed by atoms with Crippen LogP contribution in [0.5, 0.6) is 0 Å². The molecule has 0 atom stereocenters. The second-order valence-corrected chi connectivity index (χ2v) is 7.18. The number of para-hydroxylation sites is 1. The largest absolute Gasteiger partial charge is 0.357 e. The van der Waals surface area contributed by atoms with Gasteiger partial charge < -0.3 is 10.2 Å². The summed E-state index contributed by atoms with van der Waals surface area (Å²) in [6.07, 6.45) is 6.38. The third-order valence-corrected chi connectivity index (χ3v) is 5.29. The summed E-state index contributed by atoms with van der Waals surface area (Å²) in [5.74, 6) is 0.726. The van der Waals surface area contributed by atoms with Crippen LogP contribution in [-0.2, 0) is 6.42 Å². The lowest BCUT2D eigenvalue weighted by atomic mass is 10.2. The van der Waals surface area contributed by atoms with Gasteiger partial charge in [0.2, 0.25) is 0 Å². The molecule has 144 valence electrons. The van der Waals surface area contributed by atoms with Crippen molar-refractivity contribution in [2.24, 2.45) is 0 Å². The molecule has 0 spiro atoms. The van der Waals surface area contributed by atoms with Gasteiger partial charge in [0.15, 0.2) is 0 Å². The lowest BCUT2D eigenvalue weighted by molar-refractivity contribution is 0.102. The van der Waals surface area contributed by atoms with Crippen molar-refractivity contribution in [3.63, 3.8) is 0 Å². The third kappa shape index (κ3) is 3.60. The fraction of sp³-hybridized carbons (Fsp3) is 0.286. The van der Waals surface area contributed by atoms with Crippen molar-refractivity contribution < 1.29 is 4.79 Å². The van der Waals surface area contributed by atoms with Crippen molar-refractivity contribution in [1.82, 2.24) is 14.8 Å². The number of nitrogens with one attached hydrogen (secondary N) is 1. The normalized spacial score (nSPS) is 13.7. The Morgan fingerprint density at radius 1 is 1.14 bits per heavy atom. The lowest BCUT2D eigenvalue weighted by Crippen LogP contribution is -2.19. The number of benzene rings is 1. The van der Waals surface area contributed by atoms with Crippen molar-refractivity contribution >= 4 is 29.0 Å². The van der Waals surface area contributed by atoms with Gasteiger partial charge in [-0.3, -0.25) is 4.79 Å². The van der Waals surface area contributed by atoms with E-state index in [1.54, 1.807) is 17.1 Å². The molecule has 0 bridgehead atoms. The monoisotopic (exact) mass is 395 g/mol. The average Bonchev–Trinajstić information content (AvgIpc) is 3.38. The number of carbonyl (C=O) groups is 1. The van der Waals surface area contributed by atoms with Crippen LogP contribution in [0.1, 0.15) is 35.8 Å². The molecule has 1 saturated heterocycles. The highest BCUT2D eigenvalue weighted by molar-refractivity contribution is 6.32. The maximum atomic E-state index is 12.7. The van der Waals surface area contributed by atoms with Gasteiger partial charge >= 0.3 is 0 Å². The minimum Gasteiger partial charge on any atom is -0.357 e. The van der Waals surface area contributed by atoms with Crippen molar-refractivity contribution in [1.29, 1.82) is 0 Å². The summed E-state index contributed by atoms with van der Waals surface area (Å²) in [6, 6.07) is 11.2. The molecule has 1 N–H and O–H groups in total. The van der Waals surface area contributed by atoms with Crippen LogP contribution in [0.3, 0.4) is 0 Å². The zero-order valence-corrected chi connectivity index (χ0v) is 16.5. The summed E-state index contributed by atoms with van der Waals surface area (Å²) in [5.41, 5.74) is 2.88. The zero-order chi connectivity index (χ0) is 19.5. The van der Waals surface area contributed by atoms with Crippen LogP contribution < -0.4 is 10.2 Å². The summed E-state index contributed by atoms with van der Waals surface area (Å²) >= 11 is 6.31. The summed E-state index contributed by atoms with van der Waals surface area (Å²) in [4.78, 5) is 19.4. The van der Waals surface area contributed by atoms with Gasteiger partial charge in [0, 0.05) is 19.3 Å². The Kier molecular flexibility index (Phi) is 5.30. The zero-order valence-electron chi connectivity index (χ0n) is 15.7. The van der Waals surface area contributed by atoms with Gasteiger partial charge in [-0.15, -0.1) is 0 Å². The number of aromatic nitrogens is 3. The first-order chi connectivity index (χ1) is 13.7. The van der Waals surface area contributed by atoms with Crippen LogP contribution in [0, 0.1) is 0 Å². The molecule has 1 aliphatic rings. The van der Waals surface area contributed by atoms with Crippen LogP contribution >= 0.6 is 11.6 Å². The number of hydrogen-bond donors (Lipinski definition) is 1. The van der Waals surface area contributed by atoms with E-state index in [0.29, 0.717) is 22.7 Å². The number of pyridine rings is 1. The molecule has 0 saturated carbocycles. The smallest absolute Gasteiger partial charge is 0.257 e. The minimum atomic E-state index is -0.200. The highest BCUT2D eigenvalue weighted by Gasteiger charge is 2.17. The maximum Gasteiger partial charge on any atom is 0.257 e. The molecule has 1 aromatic carbocycles. The second kappa shape index (κ2) is 8.02. The Bertz CT molecular complexity index is 977. The van der Waals surface area contributed by atoms with Gasteiger partial charge in [0.05, 0.1) is 33.9 Å². The van der Waals surface area contributed by atoms with Gasteiger partial charge in [-0.2, -0.15) is 5.10 Å². The van der Waals surface area contributed by atoms with E-state index in [9.17, 15) is 4.79 Å². The highest BCUT2D eigenvalue weighted by Crippen LogP contribution is 2.25. The predicted octanol–water partition coefficient (Wildman–Crippen LogP) is 4.34. The number of halogens is 1. The molecule has 28 heavy (non-hydrogen) atoms. The summed E-state index contributed by atoms with van der Waals surface area (Å²) in [6.45, 7) is 4.08. The molecule has 6 nitrogen and oxygen atoms in total. The lowest BCUT2D eigenvalue weighted by Gasteiger charge is -2.16.